The Morgan fingerprint density at radius 1 is 0.941 bits per heavy atom. The van der Waals surface area contributed by atoms with Gasteiger partial charge in [-0.25, -0.2) is 0 Å². The molecule has 0 atom stereocenters. The molecule has 0 unspecified atom stereocenters. The number of rotatable bonds is 2. The van der Waals surface area contributed by atoms with E-state index in [9.17, 15) is 0 Å². The lowest BCUT2D eigenvalue weighted by Gasteiger charge is -2.11. The van der Waals surface area contributed by atoms with Gasteiger partial charge in [-0.1, -0.05) is 15.9 Å². The van der Waals surface area contributed by atoms with Crippen LogP contribution < -0.4 is 10.5 Å². The van der Waals surface area contributed by atoms with Crippen LogP contribution in [0.3, 0.4) is 0 Å². The molecule has 0 aromatic heterocycles. The number of hydrogen-bond donors (Lipinski definition) is 1. The number of anilines is 1. The maximum Gasteiger partial charge on any atom is 0.130 e. The van der Waals surface area contributed by atoms with Gasteiger partial charge in [0.1, 0.15) is 11.5 Å². The zero-order valence-electron chi connectivity index (χ0n) is 9.83. The summed E-state index contributed by atoms with van der Waals surface area (Å²) in [4.78, 5) is 0. The molecule has 2 aromatic carbocycles. The van der Waals surface area contributed by atoms with E-state index in [0.29, 0.717) is 0 Å². The first-order chi connectivity index (χ1) is 8.06. The van der Waals surface area contributed by atoms with Gasteiger partial charge in [0.15, 0.2) is 0 Å². The van der Waals surface area contributed by atoms with Crippen LogP contribution in [0.2, 0.25) is 0 Å². The summed E-state index contributed by atoms with van der Waals surface area (Å²) in [5.74, 6) is 1.70. The predicted octanol–water partition coefficient (Wildman–Crippen LogP) is 4.44. The molecule has 2 aromatic rings. The Labute approximate surface area is 110 Å². The van der Waals surface area contributed by atoms with Crippen LogP contribution in [0.5, 0.6) is 11.5 Å². The van der Waals surface area contributed by atoms with Crippen LogP contribution in [-0.2, 0) is 0 Å². The summed E-state index contributed by atoms with van der Waals surface area (Å²) in [6.07, 6.45) is 0. The fraction of sp³-hybridized carbons (Fsp3) is 0.143. The number of ether oxygens (including phenoxy) is 1. The number of halogens is 1. The largest absolute Gasteiger partial charge is 0.457 e. The summed E-state index contributed by atoms with van der Waals surface area (Å²) in [7, 11) is 0. The zero-order valence-corrected chi connectivity index (χ0v) is 11.4. The molecule has 17 heavy (non-hydrogen) atoms. The topological polar surface area (TPSA) is 35.2 Å². The molecule has 0 amide bonds. The Morgan fingerprint density at radius 3 is 2.12 bits per heavy atom. The van der Waals surface area contributed by atoms with Gasteiger partial charge in [-0.05, 0) is 61.4 Å². The van der Waals surface area contributed by atoms with Gasteiger partial charge in [-0.15, -0.1) is 0 Å². The molecule has 0 fully saturated rings. The van der Waals surface area contributed by atoms with E-state index in [4.69, 9.17) is 10.5 Å². The molecule has 0 radical (unpaired) electrons. The fourth-order valence-electron chi connectivity index (χ4n) is 1.63. The van der Waals surface area contributed by atoms with Crippen molar-refractivity contribution >= 4 is 21.6 Å². The number of aryl methyl sites for hydroxylation is 2. The SMILES string of the molecule is Cc1cc(N)ccc1Oc1ccc(Br)cc1C. The van der Waals surface area contributed by atoms with Crippen LogP contribution >= 0.6 is 15.9 Å². The quantitative estimate of drug-likeness (QED) is 0.830. The maximum atomic E-state index is 5.87. The van der Waals surface area contributed by atoms with Crippen molar-refractivity contribution in [1.29, 1.82) is 0 Å². The van der Waals surface area contributed by atoms with Crippen LogP contribution in [0.4, 0.5) is 5.69 Å². The van der Waals surface area contributed by atoms with Crippen molar-refractivity contribution in [3.05, 3.63) is 52.0 Å². The van der Waals surface area contributed by atoms with E-state index in [1.165, 1.54) is 0 Å². The molecule has 2 rings (SSSR count). The molecule has 0 heterocycles. The van der Waals surface area contributed by atoms with Gasteiger partial charge in [0, 0.05) is 10.2 Å². The predicted molar refractivity (Wildman–Crippen MR) is 74.5 cm³/mol. The van der Waals surface area contributed by atoms with Crippen molar-refractivity contribution in [3.63, 3.8) is 0 Å². The van der Waals surface area contributed by atoms with E-state index in [1.54, 1.807) is 0 Å². The van der Waals surface area contributed by atoms with Crippen molar-refractivity contribution in [2.75, 3.05) is 5.73 Å². The summed E-state index contributed by atoms with van der Waals surface area (Å²) >= 11 is 3.43. The highest BCUT2D eigenvalue weighted by Crippen LogP contribution is 2.30. The summed E-state index contributed by atoms with van der Waals surface area (Å²) in [5.41, 5.74) is 8.59. The Hall–Kier alpha value is -1.48. The molecule has 0 saturated carbocycles. The molecule has 0 aliphatic carbocycles. The lowest BCUT2D eigenvalue weighted by molar-refractivity contribution is 0.475. The molecule has 3 heteroatoms. The van der Waals surface area contributed by atoms with Crippen molar-refractivity contribution in [2.45, 2.75) is 13.8 Å². The highest BCUT2D eigenvalue weighted by Gasteiger charge is 2.04. The number of benzene rings is 2. The van der Waals surface area contributed by atoms with Gasteiger partial charge in [-0.2, -0.15) is 0 Å². The number of nitrogen functional groups attached to an aromatic ring is 1. The molecule has 0 aliphatic heterocycles. The number of nitrogens with two attached hydrogens (primary N) is 1. The molecule has 88 valence electrons. The standard InChI is InChI=1S/C14H14BrNO/c1-9-7-11(15)3-5-13(9)17-14-6-4-12(16)8-10(14)2/h3-8H,16H2,1-2H3. The molecule has 0 saturated heterocycles. The van der Waals surface area contributed by atoms with Crippen LogP contribution in [0.1, 0.15) is 11.1 Å². The average molecular weight is 292 g/mol. The van der Waals surface area contributed by atoms with E-state index >= 15 is 0 Å². The van der Waals surface area contributed by atoms with E-state index in [-0.39, 0.29) is 0 Å². The van der Waals surface area contributed by atoms with E-state index in [1.807, 2.05) is 50.2 Å². The highest BCUT2D eigenvalue weighted by atomic mass is 79.9. The van der Waals surface area contributed by atoms with E-state index in [2.05, 4.69) is 15.9 Å². The van der Waals surface area contributed by atoms with Crippen molar-refractivity contribution in [1.82, 2.24) is 0 Å². The van der Waals surface area contributed by atoms with Crippen molar-refractivity contribution in [2.24, 2.45) is 0 Å². The molecular formula is C14H14BrNO. The Morgan fingerprint density at radius 2 is 1.53 bits per heavy atom. The van der Waals surface area contributed by atoms with Gasteiger partial charge >= 0.3 is 0 Å². The van der Waals surface area contributed by atoms with Crippen LogP contribution in [0, 0.1) is 13.8 Å². The van der Waals surface area contributed by atoms with Crippen molar-refractivity contribution < 1.29 is 4.74 Å². The molecule has 0 spiro atoms. The van der Waals surface area contributed by atoms with E-state index < -0.39 is 0 Å². The number of hydrogen-bond acceptors (Lipinski definition) is 2. The van der Waals surface area contributed by atoms with Gasteiger partial charge < -0.3 is 10.5 Å². The van der Waals surface area contributed by atoms with Gasteiger partial charge in [0.2, 0.25) is 0 Å². The van der Waals surface area contributed by atoms with Crippen LogP contribution in [-0.4, -0.2) is 0 Å². The Bertz CT molecular complexity index is 502. The molecule has 2 N–H and O–H groups in total. The van der Waals surface area contributed by atoms with Gasteiger partial charge in [0.05, 0.1) is 0 Å². The normalized spacial score (nSPS) is 10.3. The fourth-order valence-corrected chi connectivity index (χ4v) is 2.11. The monoisotopic (exact) mass is 291 g/mol. The third-order valence-corrected chi connectivity index (χ3v) is 3.05. The highest BCUT2D eigenvalue weighted by molar-refractivity contribution is 9.10. The summed E-state index contributed by atoms with van der Waals surface area (Å²) in [6, 6.07) is 11.6. The third kappa shape index (κ3) is 2.80. The Balaban J connectivity index is 2.31. The minimum absolute atomic E-state index is 0.752. The lowest BCUT2D eigenvalue weighted by atomic mass is 10.2. The second kappa shape index (κ2) is 4.80. The first-order valence-corrected chi connectivity index (χ1v) is 6.15. The zero-order chi connectivity index (χ0) is 12.4. The summed E-state index contributed by atoms with van der Waals surface area (Å²) in [6.45, 7) is 4.01. The second-order valence-electron chi connectivity index (χ2n) is 4.04. The first kappa shape index (κ1) is 12.0. The first-order valence-electron chi connectivity index (χ1n) is 5.36. The van der Waals surface area contributed by atoms with Crippen LogP contribution in [0.25, 0.3) is 0 Å². The molecular weight excluding hydrogens is 278 g/mol. The maximum absolute atomic E-state index is 5.87. The smallest absolute Gasteiger partial charge is 0.130 e. The Kier molecular flexibility index (Phi) is 3.38. The molecule has 0 aliphatic rings. The average Bonchev–Trinajstić information content (AvgIpc) is 2.25. The van der Waals surface area contributed by atoms with Crippen molar-refractivity contribution in [3.8, 4) is 11.5 Å². The van der Waals surface area contributed by atoms with Gasteiger partial charge in [0.25, 0.3) is 0 Å². The van der Waals surface area contributed by atoms with Gasteiger partial charge in [-0.3, -0.25) is 0 Å². The minimum Gasteiger partial charge on any atom is -0.457 e. The summed E-state index contributed by atoms with van der Waals surface area (Å²) < 4.78 is 6.93. The molecule has 0 bridgehead atoms. The molecule has 2 nitrogen and oxygen atoms in total. The third-order valence-electron chi connectivity index (χ3n) is 2.56. The minimum atomic E-state index is 0.752. The summed E-state index contributed by atoms with van der Waals surface area (Å²) in [5, 5.41) is 0. The van der Waals surface area contributed by atoms with E-state index in [0.717, 1.165) is 32.8 Å². The lowest BCUT2D eigenvalue weighted by Crippen LogP contribution is -1.92. The van der Waals surface area contributed by atoms with Crippen LogP contribution in [0.15, 0.2) is 40.9 Å². The second-order valence-corrected chi connectivity index (χ2v) is 4.95.